The van der Waals surface area contributed by atoms with Gasteiger partial charge in [-0.15, -0.1) is 0 Å². The van der Waals surface area contributed by atoms with Crippen LogP contribution >= 0.6 is 23.2 Å². The highest BCUT2D eigenvalue weighted by Crippen LogP contribution is 2.29. The number of nitrogens with zero attached hydrogens (tertiary/aromatic N) is 3. The quantitative estimate of drug-likeness (QED) is 0.116. The summed E-state index contributed by atoms with van der Waals surface area (Å²) in [5.74, 6) is -3.42. The van der Waals surface area contributed by atoms with Crippen LogP contribution in [0.25, 0.3) is 5.69 Å². The molecule has 0 saturated heterocycles. The number of alkyl halides is 6. The molecule has 2 heterocycles. The van der Waals surface area contributed by atoms with Crippen molar-refractivity contribution in [2.45, 2.75) is 40.6 Å². The maximum Gasteiger partial charge on any atom is 0.433 e. The van der Waals surface area contributed by atoms with E-state index in [1.54, 1.807) is 0 Å². The Kier molecular flexibility index (Phi) is 18.4. The van der Waals surface area contributed by atoms with E-state index in [2.05, 4.69) is 20.0 Å². The Morgan fingerprint density at radius 2 is 1.30 bits per heavy atom. The molecular formula is C31H31Cl2F8N7O8. The molecule has 308 valence electrons. The molecule has 25 heteroatoms. The fraction of sp³-hybridized carbons (Fsp3) is 0.258. The molecule has 0 aliphatic carbocycles. The molecule has 0 unspecified atom stereocenters. The Morgan fingerprint density at radius 3 is 1.71 bits per heavy atom. The number of carboxylic acids is 1. The molecule has 2 aromatic carbocycles. The van der Waals surface area contributed by atoms with Crippen molar-refractivity contribution in [2.24, 2.45) is 0 Å². The number of nitrogens with one attached hydrogen (secondary N) is 3. The molecule has 56 heavy (non-hydrogen) atoms. The summed E-state index contributed by atoms with van der Waals surface area (Å²) in [6.07, 6.45) is -9.59. The largest absolute Gasteiger partial charge is 0.481 e. The van der Waals surface area contributed by atoms with Crippen molar-refractivity contribution < 1.29 is 59.0 Å². The van der Waals surface area contributed by atoms with E-state index in [0.717, 1.165) is 26.0 Å². The van der Waals surface area contributed by atoms with Gasteiger partial charge in [0.2, 0.25) is 11.8 Å². The molecule has 2 amide bonds. The summed E-state index contributed by atoms with van der Waals surface area (Å²) in [5, 5.41) is 12.0. The number of benzene rings is 2. The smallest absolute Gasteiger partial charge is 0.433 e. The lowest BCUT2D eigenvalue weighted by Gasteiger charge is -2.12. The SMILES string of the molecule is C.CC(=O)Nc1cc(-n2c(=O)cc(C(F)(F)F)[nH]c2=O)c(F)cc1Cl.CC(=O)Nc1cc(N)c(F)cc1Cl.CC(=O)O.CN(C)c1nc(C(F)(F)F)cc(=O)o1. The number of halogens is 10. The van der Waals surface area contributed by atoms with Gasteiger partial charge in [-0.3, -0.25) is 19.2 Å². The third-order valence-corrected chi connectivity index (χ3v) is 6.18. The second-order valence-corrected chi connectivity index (χ2v) is 11.2. The fourth-order valence-electron chi connectivity index (χ4n) is 3.45. The number of hydrogen-bond donors (Lipinski definition) is 5. The van der Waals surface area contributed by atoms with Gasteiger partial charge >= 0.3 is 23.7 Å². The van der Waals surface area contributed by atoms with E-state index in [-0.39, 0.29) is 51.4 Å². The molecule has 0 spiro atoms. The molecule has 0 atom stereocenters. The number of H-pyrrole nitrogens is 1. The standard InChI is InChI=1S/C13H8ClF4N3O3.C8H8ClFN2O.C7H7F3N2O2.C2H4O2.CH4/c1-5(22)19-8-3-9(7(15)2-6(8)14)21-11(23)4-10(13(16,17)18)20-12(21)24;1-4(13)12-8-3-7(11)6(10)2-5(8)9;1-12(2)6-11-4(7(8,9)10)3-5(13)14-6;1-2(3)4;/h2-4H,1H3,(H,19,22)(H,20,24);2-3H,11H2,1H3,(H,12,13);3H,1-2H3;1H3,(H,3,4);1H4. The van der Waals surface area contributed by atoms with Gasteiger partial charge in [0.15, 0.2) is 5.69 Å². The molecule has 6 N–H and O–H groups in total. The normalized spacial score (nSPS) is 10.5. The Hall–Kier alpha value is -5.97. The van der Waals surface area contributed by atoms with Crippen LogP contribution in [-0.4, -0.2) is 51.5 Å². The van der Waals surface area contributed by atoms with Crippen molar-refractivity contribution >= 4 is 64.1 Å². The molecule has 0 saturated carbocycles. The van der Waals surface area contributed by atoms with Crippen LogP contribution in [0, 0.1) is 11.6 Å². The summed E-state index contributed by atoms with van der Waals surface area (Å²) in [7, 11) is 2.84. The van der Waals surface area contributed by atoms with E-state index in [0.29, 0.717) is 17.8 Å². The van der Waals surface area contributed by atoms with E-state index in [9.17, 15) is 59.1 Å². The number of aromatic amines is 1. The molecule has 4 aromatic rings. The fourth-order valence-corrected chi connectivity index (χ4v) is 3.84. The second kappa shape index (κ2) is 20.6. The average molecular weight is 853 g/mol. The van der Waals surface area contributed by atoms with Gasteiger partial charge in [-0.2, -0.15) is 31.3 Å². The number of carbonyl (C=O) groups excluding carboxylic acids is 2. The van der Waals surface area contributed by atoms with Crippen LogP contribution in [0.15, 0.2) is 55.2 Å². The van der Waals surface area contributed by atoms with E-state index in [4.69, 9.17) is 38.8 Å². The van der Waals surface area contributed by atoms with E-state index < -0.39 is 69.8 Å². The van der Waals surface area contributed by atoms with E-state index in [1.807, 2.05) is 0 Å². The third kappa shape index (κ3) is 15.8. The van der Waals surface area contributed by atoms with Crippen molar-refractivity contribution in [1.82, 2.24) is 14.5 Å². The van der Waals surface area contributed by atoms with Gasteiger partial charge in [0.1, 0.15) is 17.3 Å². The first kappa shape index (κ1) is 50.0. The van der Waals surface area contributed by atoms with Crippen LogP contribution in [0.2, 0.25) is 10.0 Å². The van der Waals surface area contributed by atoms with Gasteiger partial charge in [-0.1, -0.05) is 30.6 Å². The van der Waals surface area contributed by atoms with Gasteiger partial charge in [-0.25, -0.2) is 22.9 Å². The van der Waals surface area contributed by atoms with Crippen LogP contribution in [-0.2, 0) is 26.7 Å². The number of nitrogens with two attached hydrogens (primary N) is 1. The maximum absolute atomic E-state index is 14.0. The summed E-state index contributed by atoms with van der Waals surface area (Å²) < 4.78 is 106. The minimum absolute atomic E-state index is 0. The monoisotopic (exact) mass is 851 g/mol. The molecule has 15 nitrogen and oxygen atoms in total. The Morgan fingerprint density at radius 1 is 0.839 bits per heavy atom. The predicted molar refractivity (Wildman–Crippen MR) is 189 cm³/mol. The summed E-state index contributed by atoms with van der Waals surface area (Å²) >= 11 is 11.4. The molecule has 0 radical (unpaired) electrons. The minimum Gasteiger partial charge on any atom is -0.481 e. The van der Waals surface area contributed by atoms with Crippen LogP contribution < -0.4 is 38.1 Å². The van der Waals surface area contributed by atoms with Crippen molar-refractivity contribution in [3.05, 3.63) is 101 Å². The lowest BCUT2D eigenvalue weighted by molar-refractivity contribution is -0.142. The van der Waals surface area contributed by atoms with Crippen LogP contribution in [0.1, 0.15) is 39.6 Å². The molecule has 0 bridgehead atoms. The molecule has 0 fully saturated rings. The zero-order valence-corrected chi connectivity index (χ0v) is 30.0. The number of anilines is 4. The molecule has 0 aliphatic heterocycles. The van der Waals surface area contributed by atoms with Crippen LogP contribution in [0.3, 0.4) is 0 Å². The Labute approximate surface area is 319 Å². The summed E-state index contributed by atoms with van der Waals surface area (Å²) in [6, 6.07) is 3.97. The van der Waals surface area contributed by atoms with Crippen molar-refractivity contribution in [3.63, 3.8) is 0 Å². The summed E-state index contributed by atoms with van der Waals surface area (Å²) in [4.78, 5) is 70.9. The van der Waals surface area contributed by atoms with E-state index in [1.165, 1.54) is 37.0 Å². The number of amides is 2. The Balaban J connectivity index is 0.000000811. The molecule has 2 aromatic heterocycles. The van der Waals surface area contributed by atoms with Crippen LogP contribution in [0.5, 0.6) is 0 Å². The highest BCUT2D eigenvalue weighted by Gasteiger charge is 2.34. The average Bonchev–Trinajstić information content (AvgIpc) is 3.00. The molecule has 4 rings (SSSR count). The zero-order valence-electron chi connectivity index (χ0n) is 28.5. The number of aromatic nitrogens is 3. The number of carboxylic acid groups (broad SMARTS) is 1. The number of rotatable bonds is 4. The van der Waals surface area contributed by atoms with Gasteiger partial charge in [0, 0.05) is 40.9 Å². The van der Waals surface area contributed by atoms with E-state index >= 15 is 0 Å². The maximum atomic E-state index is 14.0. The summed E-state index contributed by atoms with van der Waals surface area (Å²) in [6.45, 7) is 3.55. The highest BCUT2D eigenvalue weighted by molar-refractivity contribution is 6.34. The highest BCUT2D eigenvalue weighted by atomic mass is 35.5. The Bertz CT molecular complexity index is 2190. The first-order valence-electron chi connectivity index (χ1n) is 14.2. The third-order valence-electron chi connectivity index (χ3n) is 5.56. The topological polar surface area (TPSA) is 223 Å². The number of aliphatic carboxylic acids is 1. The predicted octanol–water partition coefficient (Wildman–Crippen LogP) is 6.16. The van der Waals surface area contributed by atoms with Gasteiger partial charge in [0.05, 0.1) is 38.9 Å². The lowest BCUT2D eigenvalue weighted by Crippen LogP contribution is -2.36. The first-order chi connectivity index (χ1) is 25.0. The molecule has 0 aliphatic rings. The van der Waals surface area contributed by atoms with Gasteiger partial charge < -0.3 is 35.8 Å². The first-order valence-corrected chi connectivity index (χ1v) is 15.0. The van der Waals surface area contributed by atoms with Crippen molar-refractivity contribution in [3.8, 4) is 5.69 Å². The number of carbonyl (C=O) groups is 3. The lowest BCUT2D eigenvalue weighted by atomic mass is 10.2. The van der Waals surface area contributed by atoms with Gasteiger partial charge in [-0.05, 0) is 24.3 Å². The molecular weight excluding hydrogens is 821 g/mol. The van der Waals surface area contributed by atoms with Crippen LogP contribution in [0.4, 0.5) is 58.2 Å². The second-order valence-electron chi connectivity index (χ2n) is 10.4. The zero-order chi connectivity index (χ0) is 42.7. The number of hydrogen-bond acceptors (Lipinski definition) is 10. The van der Waals surface area contributed by atoms with Gasteiger partial charge in [0.25, 0.3) is 17.5 Å². The van der Waals surface area contributed by atoms with Crippen molar-refractivity contribution in [2.75, 3.05) is 35.4 Å². The summed E-state index contributed by atoms with van der Waals surface area (Å²) in [5.41, 5.74) is -2.02. The van der Waals surface area contributed by atoms with Crippen molar-refractivity contribution in [1.29, 1.82) is 0 Å². The minimum atomic E-state index is -4.95. The number of nitrogen functional groups attached to an aromatic ring is 1.